The lowest BCUT2D eigenvalue weighted by molar-refractivity contribution is 0.0948. The van der Waals surface area contributed by atoms with Gasteiger partial charge in [-0.05, 0) is 31.0 Å². The van der Waals surface area contributed by atoms with Crippen molar-refractivity contribution in [2.45, 2.75) is 20.4 Å². The molecule has 2 aromatic rings. The summed E-state index contributed by atoms with van der Waals surface area (Å²) in [5, 5.41) is 2.77. The van der Waals surface area contributed by atoms with Crippen LogP contribution in [0.25, 0.3) is 0 Å². The van der Waals surface area contributed by atoms with Crippen LogP contribution in [0.2, 0.25) is 0 Å². The average Bonchev–Trinajstić information content (AvgIpc) is 2.36. The molecular weight excluding hydrogens is 240 g/mol. The Morgan fingerprint density at radius 3 is 2.74 bits per heavy atom. The fourth-order valence-electron chi connectivity index (χ4n) is 1.95. The molecule has 0 saturated carbocycles. The van der Waals surface area contributed by atoms with Crippen LogP contribution < -0.4 is 10.9 Å². The molecule has 98 valence electrons. The van der Waals surface area contributed by atoms with Gasteiger partial charge in [0.15, 0.2) is 0 Å². The van der Waals surface area contributed by atoms with Gasteiger partial charge in [-0.3, -0.25) is 9.59 Å². The lowest BCUT2D eigenvalue weighted by atomic mass is 10.1. The number of carbonyl (C=O) groups is 1. The average molecular weight is 256 g/mol. The highest BCUT2D eigenvalue weighted by Crippen LogP contribution is 2.05. The Kier molecular flexibility index (Phi) is 3.80. The molecule has 0 saturated heterocycles. The number of rotatable bonds is 3. The maximum absolute atomic E-state index is 12.0. The number of aromatic amines is 1. The van der Waals surface area contributed by atoms with Crippen LogP contribution in [0, 0.1) is 13.8 Å². The van der Waals surface area contributed by atoms with E-state index in [0.29, 0.717) is 12.1 Å². The lowest BCUT2D eigenvalue weighted by Crippen LogP contribution is -2.30. The zero-order chi connectivity index (χ0) is 13.8. The largest absolute Gasteiger partial charge is 0.348 e. The lowest BCUT2D eigenvalue weighted by Gasteiger charge is -2.07. The summed E-state index contributed by atoms with van der Waals surface area (Å²) in [6, 6.07) is 9.59. The molecule has 2 rings (SSSR count). The van der Waals surface area contributed by atoms with Crippen LogP contribution in [-0.2, 0) is 6.54 Å². The monoisotopic (exact) mass is 256 g/mol. The first-order chi connectivity index (χ1) is 9.08. The van der Waals surface area contributed by atoms with E-state index in [0.717, 1.165) is 11.1 Å². The maximum Gasteiger partial charge on any atom is 0.261 e. The minimum Gasteiger partial charge on any atom is -0.348 e. The van der Waals surface area contributed by atoms with Gasteiger partial charge in [0, 0.05) is 12.7 Å². The molecule has 0 aliphatic carbocycles. The Hall–Kier alpha value is -2.36. The van der Waals surface area contributed by atoms with Gasteiger partial charge < -0.3 is 10.3 Å². The van der Waals surface area contributed by atoms with Gasteiger partial charge in [0.25, 0.3) is 11.5 Å². The quantitative estimate of drug-likeness (QED) is 0.881. The smallest absolute Gasteiger partial charge is 0.261 e. The van der Waals surface area contributed by atoms with Crippen molar-refractivity contribution < 1.29 is 4.79 Å². The molecule has 1 heterocycles. The van der Waals surface area contributed by atoms with Gasteiger partial charge in [-0.2, -0.15) is 0 Å². The van der Waals surface area contributed by atoms with Gasteiger partial charge in [-0.15, -0.1) is 0 Å². The molecule has 1 aromatic heterocycles. The van der Waals surface area contributed by atoms with Crippen LogP contribution >= 0.6 is 0 Å². The number of hydrogen-bond acceptors (Lipinski definition) is 2. The van der Waals surface area contributed by atoms with E-state index < -0.39 is 0 Å². The second-order valence-corrected chi connectivity index (χ2v) is 4.54. The highest BCUT2D eigenvalue weighted by atomic mass is 16.2. The summed E-state index contributed by atoms with van der Waals surface area (Å²) in [4.78, 5) is 26.2. The van der Waals surface area contributed by atoms with Gasteiger partial charge in [0.1, 0.15) is 5.56 Å². The molecule has 0 aliphatic rings. The van der Waals surface area contributed by atoms with E-state index in [9.17, 15) is 9.59 Å². The third-order valence-corrected chi connectivity index (χ3v) is 2.93. The highest BCUT2D eigenvalue weighted by molar-refractivity contribution is 5.95. The predicted molar refractivity (Wildman–Crippen MR) is 74.1 cm³/mol. The number of aromatic nitrogens is 1. The molecule has 19 heavy (non-hydrogen) atoms. The summed E-state index contributed by atoms with van der Waals surface area (Å²) >= 11 is 0. The third-order valence-electron chi connectivity index (χ3n) is 2.93. The Morgan fingerprint density at radius 1 is 1.26 bits per heavy atom. The molecule has 1 aromatic carbocycles. The molecule has 0 unspecified atom stereocenters. The minimum absolute atomic E-state index is 0.176. The molecule has 0 bridgehead atoms. The van der Waals surface area contributed by atoms with E-state index in [4.69, 9.17) is 0 Å². The number of pyridine rings is 1. The van der Waals surface area contributed by atoms with E-state index >= 15 is 0 Å². The Morgan fingerprint density at radius 2 is 2.05 bits per heavy atom. The van der Waals surface area contributed by atoms with Crippen LogP contribution in [0.15, 0.2) is 41.3 Å². The Balaban J connectivity index is 2.12. The number of aryl methyl sites for hydroxylation is 2. The number of hydrogen-bond donors (Lipinski definition) is 2. The van der Waals surface area contributed by atoms with Gasteiger partial charge >= 0.3 is 0 Å². The molecule has 0 atom stereocenters. The van der Waals surface area contributed by atoms with Crippen LogP contribution in [-0.4, -0.2) is 10.9 Å². The zero-order valence-electron chi connectivity index (χ0n) is 11.0. The third kappa shape index (κ3) is 3.10. The van der Waals surface area contributed by atoms with E-state index in [1.54, 1.807) is 13.0 Å². The van der Waals surface area contributed by atoms with Gasteiger partial charge in [-0.25, -0.2) is 0 Å². The summed E-state index contributed by atoms with van der Waals surface area (Å²) in [6.07, 6.45) is 1.54. The van der Waals surface area contributed by atoms with Crippen molar-refractivity contribution in [1.29, 1.82) is 0 Å². The molecular formula is C15H16N2O2. The number of H-pyrrole nitrogens is 1. The van der Waals surface area contributed by atoms with E-state index in [1.165, 1.54) is 6.20 Å². The van der Waals surface area contributed by atoms with Crippen molar-refractivity contribution in [3.8, 4) is 0 Å². The number of nitrogens with one attached hydrogen (secondary N) is 2. The van der Waals surface area contributed by atoms with Gasteiger partial charge in [0.05, 0.1) is 0 Å². The molecule has 1 amide bonds. The number of carbonyl (C=O) groups excluding carboxylic acids is 1. The van der Waals surface area contributed by atoms with Crippen LogP contribution in [0.1, 0.15) is 27.0 Å². The number of amides is 1. The van der Waals surface area contributed by atoms with Crippen molar-refractivity contribution in [3.05, 3.63) is 69.1 Å². The second-order valence-electron chi connectivity index (χ2n) is 4.54. The van der Waals surface area contributed by atoms with Gasteiger partial charge in [-0.1, -0.05) is 29.8 Å². The van der Waals surface area contributed by atoms with E-state index in [2.05, 4.69) is 10.3 Å². The SMILES string of the molecule is Cc1cccc(CNC(=O)c2c(C)cc[nH]c2=O)c1. The summed E-state index contributed by atoms with van der Waals surface area (Å²) in [6.45, 7) is 4.16. The summed E-state index contributed by atoms with van der Waals surface area (Å²) in [5.41, 5.74) is 2.64. The van der Waals surface area contributed by atoms with Crippen molar-refractivity contribution in [3.63, 3.8) is 0 Å². The molecule has 0 spiro atoms. The fourth-order valence-corrected chi connectivity index (χ4v) is 1.95. The van der Waals surface area contributed by atoms with Crippen molar-refractivity contribution in [2.75, 3.05) is 0 Å². The molecule has 0 radical (unpaired) electrons. The van der Waals surface area contributed by atoms with Crippen molar-refractivity contribution in [1.82, 2.24) is 10.3 Å². The van der Waals surface area contributed by atoms with Crippen LogP contribution in [0.4, 0.5) is 0 Å². The minimum atomic E-state index is -0.359. The molecule has 0 aliphatic heterocycles. The normalized spacial score (nSPS) is 10.2. The molecule has 4 nitrogen and oxygen atoms in total. The summed E-state index contributed by atoms with van der Waals surface area (Å²) < 4.78 is 0. The molecule has 4 heteroatoms. The summed E-state index contributed by atoms with van der Waals surface area (Å²) in [7, 11) is 0. The predicted octanol–water partition coefficient (Wildman–Crippen LogP) is 1.92. The fraction of sp³-hybridized carbons (Fsp3) is 0.200. The first-order valence-electron chi connectivity index (χ1n) is 6.10. The van der Waals surface area contributed by atoms with Crippen molar-refractivity contribution >= 4 is 5.91 Å². The highest BCUT2D eigenvalue weighted by Gasteiger charge is 2.12. The number of benzene rings is 1. The Bertz CT molecular complexity index is 659. The van der Waals surface area contributed by atoms with Gasteiger partial charge in [0.2, 0.25) is 0 Å². The second kappa shape index (κ2) is 5.52. The van der Waals surface area contributed by atoms with Crippen molar-refractivity contribution in [2.24, 2.45) is 0 Å². The summed E-state index contributed by atoms with van der Waals surface area (Å²) in [5.74, 6) is -0.346. The zero-order valence-corrected chi connectivity index (χ0v) is 11.0. The Labute approximate surface area is 111 Å². The maximum atomic E-state index is 12.0. The van der Waals surface area contributed by atoms with E-state index in [1.807, 2.05) is 31.2 Å². The molecule has 2 N–H and O–H groups in total. The van der Waals surface area contributed by atoms with Crippen LogP contribution in [0.5, 0.6) is 0 Å². The van der Waals surface area contributed by atoms with Crippen LogP contribution in [0.3, 0.4) is 0 Å². The first-order valence-corrected chi connectivity index (χ1v) is 6.10. The molecule has 0 fully saturated rings. The topological polar surface area (TPSA) is 62.0 Å². The van der Waals surface area contributed by atoms with E-state index in [-0.39, 0.29) is 17.0 Å². The standard InChI is InChI=1S/C15H16N2O2/c1-10-4-3-5-12(8-10)9-17-15(19)13-11(2)6-7-16-14(13)18/h3-8H,9H2,1-2H3,(H,16,18)(H,17,19). The first kappa shape index (κ1) is 13.1.